The predicted octanol–water partition coefficient (Wildman–Crippen LogP) is 5.23. The second-order valence-electron chi connectivity index (χ2n) is 6.40. The van der Waals surface area contributed by atoms with E-state index in [0.717, 1.165) is 6.42 Å². The first-order valence-corrected chi connectivity index (χ1v) is 9.14. The van der Waals surface area contributed by atoms with Gasteiger partial charge in [-0.15, -0.1) is 0 Å². The van der Waals surface area contributed by atoms with Gasteiger partial charge in [0, 0.05) is 6.61 Å². The van der Waals surface area contributed by atoms with E-state index in [1.807, 2.05) is 0 Å². The standard InChI is InChI=1S/C18H36O2/c1-2-3-4-8-11-14-17-18(20-17)15-12-9-6-5-7-10-13-16-19/h17-19H,2-16H2,1H3. The van der Waals surface area contributed by atoms with E-state index < -0.39 is 0 Å². The van der Waals surface area contributed by atoms with Gasteiger partial charge < -0.3 is 9.84 Å². The van der Waals surface area contributed by atoms with Crippen LogP contribution in [0.25, 0.3) is 0 Å². The molecule has 1 N–H and O–H groups in total. The molecule has 1 heterocycles. The second kappa shape index (κ2) is 12.6. The average molecular weight is 284 g/mol. The van der Waals surface area contributed by atoms with E-state index in [9.17, 15) is 0 Å². The van der Waals surface area contributed by atoms with Crippen LogP contribution in [0.3, 0.4) is 0 Å². The molecular weight excluding hydrogens is 248 g/mol. The molecule has 0 bridgehead atoms. The van der Waals surface area contributed by atoms with Crippen LogP contribution in [0.2, 0.25) is 0 Å². The third kappa shape index (κ3) is 9.77. The molecule has 20 heavy (non-hydrogen) atoms. The molecule has 1 aliphatic rings. The molecule has 2 heteroatoms. The molecule has 1 saturated heterocycles. The van der Waals surface area contributed by atoms with Crippen molar-refractivity contribution in [2.45, 2.75) is 109 Å². The summed E-state index contributed by atoms with van der Waals surface area (Å²) >= 11 is 0. The van der Waals surface area contributed by atoms with Crippen molar-refractivity contribution in [2.75, 3.05) is 6.61 Å². The molecule has 2 unspecified atom stereocenters. The van der Waals surface area contributed by atoms with Crippen molar-refractivity contribution in [2.24, 2.45) is 0 Å². The van der Waals surface area contributed by atoms with E-state index in [0.29, 0.717) is 18.8 Å². The van der Waals surface area contributed by atoms with Crippen LogP contribution >= 0.6 is 0 Å². The lowest BCUT2D eigenvalue weighted by Gasteiger charge is -2.00. The molecule has 2 nitrogen and oxygen atoms in total. The minimum absolute atomic E-state index is 0.360. The minimum atomic E-state index is 0.360. The Balaban J connectivity index is 1.74. The predicted molar refractivity (Wildman–Crippen MR) is 86.1 cm³/mol. The third-order valence-corrected chi connectivity index (χ3v) is 4.43. The lowest BCUT2D eigenvalue weighted by molar-refractivity contribution is 0.282. The molecule has 1 rings (SSSR count). The van der Waals surface area contributed by atoms with Crippen molar-refractivity contribution >= 4 is 0 Å². The second-order valence-corrected chi connectivity index (χ2v) is 6.40. The normalized spacial score (nSPS) is 21.3. The third-order valence-electron chi connectivity index (χ3n) is 4.43. The van der Waals surface area contributed by atoms with E-state index in [2.05, 4.69) is 6.92 Å². The Morgan fingerprint density at radius 2 is 1.10 bits per heavy atom. The number of ether oxygens (including phenoxy) is 1. The van der Waals surface area contributed by atoms with Crippen LogP contribution in [0, 0.1) is 0 Å². The van der Waals surface area contributed by atoms with Crippen LogP contribution in [0.5, 0.6) is 0 Å². The molecule has 0 aliphatic carbocycles. The first-order chi connectivity index (χ1) is 9.88. The van der Waals surface area contributed by atoms with Gasteiger partial charge in [-0.25, -0.2) is 0 Å². The van der Waals surface area contributed by atoms with Crippen molar-refractivity contribution in [1.82, 2.24) is 0 Å². The van der Waals surface area contributed by atoms with E-state index in [1.54, 1.807) is 0 Å². The summed E-state index contributed by atoms with van der Waals surface area (Å²) in [4.78, 5) is 0. The fourth-order valence-corrected chi connectivity index (χ4v) is 2.98. The molecule has 0 spiro atoms. The van der Waals surface area contributed by atoms with Crippen LogP contribution in [-0.4, -0.2) is 23.9 Å². The van der Waals surface area contributed by atoms with Crippen LogP contribution in [0.4, 0.5) is 0 Å². The monoisotopic (exact) mass is 284 g/mol. The Morgan fingerprint density at radius 1 is 0.650 bits per heavy atom. The molecule has 120 valence electrons. The number of hydrogen-bond acceptors (Lipinski definition) is 2. The first kappa shape index (κ1) is 18.0. The Labute approximate surface area is 126 Å². The fraction of sp³-hybridized carbons (Fsp3) is 1.00. The van der Waals surface area contributed by atoms with E-state index in [-0.39, 0.29) is 0 Å². The molecule has 0 aromatic rings. The topological polar surface area (TPSA) is 32.8 Å². The largest absolute Gasteiger partial charge is 0.396 e. The van der Waals surface area contributed by atoms with Gasteiger partial charge in [-0.05, 0) is 19.3 Å². The number of aliphatic hydroxyl groups is 1. The van der Waals surface area contributed by atoms with E-state index in [4.69, 9.17) is 9.84 Å². The number of hydrogen-bond donors (Lipinski definition) is 1. The Kier molecular flexibility index (Phi) is 11.4. The van der Waals surface area contributed by atoms with Crippen molar-refractivity contribution in [3.8, 4) is 0 Å². The summed E-state index contributed by atoms with van der Waals surface area (Å²) in [6, 6.07) is 0. The van der Waals surface area contributed by atoms with Crippen molar-refractivity contribution in [1.29, 1.82) is 0 Å². The highest BCUT2D eigenvalue weighted by Crippen LogP contribution is 2.31. The highest BCUT2D eigenvalue weighted by atomic mass is 16.6. The van der Waals surface area contributed by atoms with Gasteiger partial charge in [0.2, 0.25) is 0 Å². The lowest BCUT2D eigenvalue weighted by atomic mass is 10.0. The van der Waals surface area contributed by atoms with E-state index >= 15 is 0 Å². The van der Waals surface area contributed by atoms with Gasteiger partial charge in [-0.2, -0.15) is 0 Å². The van der Waals surface area contributed by atoms with Gasteiger partial charge in [0.25, 0.3) is 0 Å². The highest BCUT2D eigenvalue weighted by molar-refractivity contribution is 4.84. The molecule has 0 radical (unpaired) electrons. The van der Waals surface area contributed by atoms with Crippen LogP contribution in [0.15, 0.2) is 0 Å². The summed E-state index contributed by atoms with van der Waals surface area (Å²) in [5.74, 6) is 0. The molecule has 2 atom stereocenters. The Morgan fingerprint density at radius 3 is 1.60 bits per heavy atom. The Hall–Kier alpha value is -0.0800. The number of epoxide rings is 1. The van der Waals surface area contributed by atoms with Crippen molar-refractivity contribution in [3.63, 3.8) is 0 Å². The van der Waals surface area contributed by atoms with Gasteiger partial charge in [-0.3, -0.25) is 0 Å². The summed E-state index contributed by atoms with van der Waals surface area (Å²) in [5, 5.41) is 8.69. The molecule has 0 aromatic carbocycles. The molecule has 1 fully saturated rings. The average Bonchev–Trinajstić information content (AvgIpc) is 3.20. The van der Waals surface area contributed by atoms with Crippen LogP contribution < -0.4 is 0 Å². The maximum absolute atomic E-state index is 8.69. The molecule has 0 amide bonds. The maximum atomic E-state index is 8.69. The number of unbranched alkanes of at least 4 members (excludes halogenated alkanes) is 10. The van der Waals surface area contributed by atoms with Gasteiger partial charge in [0.15, 0.2) is 0 Å². The zero-order valence-corrected chi connectivity index (χ0v) is 13.6. The number of rotatable bonds is 15. The van der Waals surface area contributed by atoms with Gasteiger partial charge >= 0.3 is 0 Å². The zero-order chi connectivity index (χ0) is 14.5. The van der Waals surface area contributed by atoms with Gasteiger partial charge in [0.05, 0.1) is 12.2 Å². The summed E-state index contributed by atoms with van der Waals surface area (Å²) in [6.07, 6.45) is 19.6. The quantitative estimate of drug-likeness (QED) is 0.330. The molecule has 0 saturated carbocycles. The van der Waals surface area contributed by atoms with E-state index in [1.165, 1.54) is 83.5 Å². The zero-order valence-electron chi connectivity index (χ0n) is 13.6. The molecule has 1 aliphatic heterocycles. The van der Waals surface area contributed by atoms with Gasteiger partial charge in [-0.1, -0.05) is 77.6 Å². The molecule has 0 aromatic heterocycles. The Bertz CT molecular complexity index is 206. The lowest BCUT2D eigenvalue weighted by Crippen LogP contribution is -1.94. The number of aliphatic hydroxyl groups excluding tert-OH is 1. The van der Waals surface area contributed by atoms with Crippen LogP contribution in [-0.2, 0) is 4.74 Å². The maximum Gasteiger partial charge on any atom is 0.0841 e. The smallest absolute Gasteiger partial charge is 0.0841 e. The van der Waals surface area contributed by atoms with Gasteiger partial charge in [0.1, 0.15) is 0 Å². The summed E-state index contributed by atoms with van der Waals surface area (Å²) in [6.45, 7) is 2.63. The summed E-state index contributed by atoms with van der Waals surface area (Å²) in [7, 11) is 0. The van der Waals surface area contributed by atoms with Crippen LogP contribution in [0.1, 0.15) is 96.8 Å². The highest BCUT2D eigenvalue weighted by Gasteiger charge is 2.36. The molecular formula is C18H36O2. The minimum Gasteiger partial charge on any atom is -0.396 e. The van der Waals surface area contributed by atoms with Crippen molar-refractivity contribution in [3.05, 3.63) is 0 Å². The summed E-state index contributed by atoms with van der Waals surface area (Å²) < 4.78 is 5.76. The fourth-order valence-electron chi connectivity index (χ4n) is 2.98. The summed E-state index contributed by atoms with van der Waals surface area (Å²) in [5.41, 5.74) is 0. The van der Waals surface area contributed by atoms with Crippen molar-refractivity contribution < 1.29 is 9.84 Å². The first-order valence-electron chi connectivity index (χ1n) is 9.14. The SMILES string of the molecule is CCCCCCCC1OC1CCCCCCCCCO.